The summed E-state index contributed by atoms with van der Waals surface area (Å²) in [4.78, 5) is 12.1. The summed E-state index contributed by atoms with van der Waals surface area (Å²) >= 11 is 0. The number of rotatable bonds is 6. The molecule has 24 heavy (non-hydrogen) atoms. The number of amides is 1. The molecule has 0 fully saturated rings. The minimum atomic E-state index is -3.64. The van der Waals surface area contributed by atoms with Crippen LogP contribution in [0.2, 0.25) is 0 Å². The first-order valence-corrected chi connectivity index (χ1v) is 9.05. The van der Waals surface area contributed by atoms with E-state index in [0.717, 1.165) is 0 Å². The zero-order chi connectivity index (χ0) is 17.8. The lowest BCUT2D eigenvalue weighted by Crippen LogP contribution is -2.40. The number of hydrogen-bond donors (Lipinski definition) is 2. The summed E-state index contributed by atoms with van der Waals surface area (Å²) in [6.45, 7) is 5.77. The molecule has 7 nitrogen and oxygen atoms in total. The van der Waals surface area contributed by atoms with Gasteiger partial charge in [0.1, 0.15) is 0 Å². The maximum Gasteiger partial charge on any atom is 0.241 e. The van der Waals surface area contributed by atoms with Crippen LogP contribution in [0.25, 0.3) is 0 Å². The number of nitrogens with one attached hydrogen (secondary N) is 2. The maximum absolute atomic E-state index is 12.3. The van der Waals surface area contributed by atoms with E-state index in [1.54, 1.807) is 56.0 Å². The van der Waals surface area contributed by atoms with Gasteiger partial charge in [-0.25, -0.2) is 13.1 Å². The van der Waals surface area contributed by atoms with E-state index in [0.29, 0.717) is 12.2 Å². The largest absolute Gasteiger partial charge is 0.326 e. The molecule has 1 heterocycles. The van der Waals surface area contributed by atoms with Crippen molar-refractivity contribution in [1.29, 1.82) is 0 Å². The van der Waals surface area contributed by atoms with Crippen LogP contribution in [0.15, 0.2) is 47.6 Å². The lowest BCUT2D eigenvalue weighted by Gasteiger charge is -2.20. The zero-order valence-corrected chi connectivity index (χ0v) is 14.8. The van der Waals surface area contributed by atoms with E-state index in [9.17, 15) is 13.2 Å². The van der Waals surface area contributed by atoms with E-state index in [-0.39, 0.29) is 17.2 Å². The predicted molar refractivity (Wildman–Crippen MR) is 92.0 cm³/mol. The fourth-order valence-electron chi connectivity index (χ4n) is 2.08. The molecule has 0 aliphatic carbocycles. The first-order chi connectivity index (χ1) is 11.2. The Morgan fingerprint density at radius 3 is 2.62 bits per heavy atom. The van der Waals surface area contributed by atoms with Gasteiger partial charge in [-0.15, -0.1) is 0 Å². The molecule has 1 aromatic heterocycles. The van der Waals surface area contributed by atoms with Crippen LogP contribution in [0.4, 0.5) is 5.69 Å². The lowest BCUT2D eigenvalue weighted by molar-refractivity contribution is -0.116. The Morgan fingerprint density at radius 1 is 1.25 bits per heavy atom. The Labute approximate surface area is 142 Å². The third kappa shape index (κ3) is 5.47. The molecule has 0 aliphatic rings. The van der Waals surface area contributed by atoms with Crippen LogP contribution < -0.4 is 10.0 Å². The average Bonchev–Trinajstić information content (AvgIpc) is 2.96. The van der Waals surface area contributed by atoms with Gasteiger partial charge in [-0.1, -0.05) is 6.07 Å². The number of anilines is 1. The highest BCUT2D eigenvalue weighted by molar-refractivity contribution is 7.89. The van der Waals surface area contributed by atoms with E-state index in [1.165, 1.54) is 12.1 Å². The number of aromatic nitrogens is 2. The summed E-state index contributed by atoms with van der Waals surface area (Å²) in [5.41, 5.74) is -0.140. The van der Waals surface area contributed by atoms with Gasteiger partial charge in [-0.2, -0.15) is 5.10 Å². The van der Waals surface area contributed by atoms with Crippen molar-refractivity contribution < 1.29 is 13.2 Å². The molecule has 130 valence electrons. The van der Waals surface area contributed by atoms with Crippen molar-refractivity contribution in [3.05, 3.63) is 42.7 Å². The third-order valence-electron chi connectivity index (χ3n) is 3.00. The summed E-state index contributed by atoms with van der Waals surface area (Å²) in [6.07, 6.45) is 3.67. The average molecular weight is 350 g/mol. The van der Waals surface area contributed by atoms with E-state index < -0.39 is 15.6 Å². The molecular formula is C16H22N4O3S. The Kier molecular flexibility index (Phi) is 5.40. The van der Waals surface area contributed by atoms with Gasteiger partial charge >= 0.3 is 0 Å². The van der Waals surface area contributed by atoms with Gasteiger partial charge in [0.25, 0.3) is 0 Å². The molecule has 0 atom stereocenters. The van der Waals surface area contributed by atoms with Crippen LogP contribution in [-0.4, -0.2) is 29.6 Å². The second-order valence-corrected chi connectivity index (χ2v) is 8.13. The number of hydrogen-bond acceptors (Lipinski definition) is 4. The third-order valence-corrected chi connectivity index (χ3v) is 4.75. The summed E-state index contributed by atoms with van der Waals surface area (Å²) in [6, 6.07) is 7.98. The Morgan fingerprint density at radius 2 is 2.00 bits per heavy atom. The van der Waals surface area contributed by atoms with E-state index in [4.69, 9.17) is 0 Å². The summed E-state index contributed by atoms with van der Waals surface area (Å²) < 4.78 is 28.9. The molecular weight excluding hydrogens is 328 g/mol. The van der Waals surface area contributed by atoms with E-state index in [1.807, 2.05) is 0 Å². The molecule has 2 aromatic rings. The molecule has 0 saturated carbocycles. The molecule has 0 spiro atoms. The second-order valence-electron chi connectivity index (χ2n) is 6.45. The maximum atomic E-state index is 12.3. The Bertz CT molecular complexity index is 793. The van der Waals surface area contributed by atoms with Crippen molar-refractivity contribution in [2.45, 2.75) is 44.2 Å². The summed E-state index contributed by atoms with van der Waals surface area (Å²) in [5, 5.41) is 6.73. The number of benzene rings is 1. The molecule has 0 radical (unpaired) electrons. The van der Waals surface area contributed by atoms with Crippen molar-refractivity contribution in [3.63, 3.8) is 0 Å². The monoisotopic (exact) mass is 350 g/mol. The SMILES string of the molecule is CC(C)(C)NS(=O)(=O)c1cccc(NC(=O)CCn2cccn2)c1. The number of nitrogens with zero attached hydrogens (tertiary/aromatic N) is 2. The number of carbonyl (C=O) groups is 1. The normalized spacial score (nSPS) is 12.1. The summed E-state index contributed by atoms with van der Waals surface area (Å²) in [5.74, 6) is -0.205. The first-order valence-electron chi connectivity index (χ1n) is 7.57. The Hall–Kier alpha value is -2.19. The molecule has 1 aromatic carbocycles. The molecule has 0 bridgehead atoms. The van der Waals surface area contributed by atoms with Gasteiger partial charge < -0.3 is 5.32 Å². The van der Waals surface area contributed by atoms with Crippen LogP contribution >= 0.6 is 0 Å². The zero-order valence-electron chi connectivity index (χ0n) is 14.0. The van der Waals surface area contributed by atoms with Gasteiger partial charge in [0.05, 0.1) is 4.90 Å². The van der Waals surface area contributed by atoms with Crippen LogP contribution in [0.3, 0.4) is 0 Å². The van der Waals surface area contributed by atoms with Gasteiger partial charge in [0.15, 0.2) is 0 Å². The van der Waals surface area contributed by atoms with Crippen LogP contribution in [0, 0.1) is 0 Å². The van der Waals surface area contributed by atoms with E-state index in [2.05, 4.69) is 15.1 Å². The van der Waals surface area contributed by atoms with E-state index >= 15 is 0 Å². The van der Waals surface area contributed by atoms with Crippen molar-refractivity contribution in [2.24, 2.45) is 0 Å². The number of sulfonamides is 1. The highest BCUT2D eigenvalue weighted by Crippen LogP contribution is 2.17. The first kappa shape index (κ1) is 18.2. The molecule has 2 rings (SSSR count). The molecule has 0 aliphatic heterocycles. The van der Waals surface area contributed by atoms with Crippen molar-refractivity contribution in [3.8, 4) is 0 Å². The second kappa shape index (κ2) is 7.14. The van der Waals surface area contributed by atoms with Crippen LogP contribution in [-0.2, 0) is 21.4 Å². The molecule has 0 saturated heterocycles. The number of aryl methyl sites for hydroxylation is 1. The summed E-state index contributed by atoms with van der Waals surface area (Å²) in [7, 11) is -3.64. The fraction of sp³-hybridized carbons (Fsp3) is 0.375. The van der Waals surface area contributed by atoms with Gasteiger partial charge in [0.2, 0.25) is 15.9 Å². The van der Waals surface area contributed by atoms with Crippen molar-refractivity contribution >= 4 is 21.6 Å². The molecule has 2 N–H and O–H groups in total. The smallest absolute Gasteiger partial charge is 0.241 e. The van der Waals surface area contributed by atoms with Crippen molar-refractivity contribution in [2.75, 3.05) is 5.32 Å². The fourth-order valence-corrected chi connectivity index (χ4v) is 3.54. The number of carbonyl (C=O) groups excluding carboxylic acids is 1. The minimum absolute atomic E-state index is 0.113. The quantitative estimate of drug-likeness (QED) is 0.833. The lowest BCUT2D eigenvalue weighted by atomic mass is 10.1. The Balaban J connectivity index is 2.03. The van der Waals surface area contributed by atoms with Gasteiger partial charge in [-0.05, 0) is 45.0 Å². The minimum Gasteiger partial charge on any atom is -0.326 e. The van der Waals surface area contributed by atoms with Gasteiger partial charge in [-0.3, -0.25) is 9.48 Å². The molecule has 0 unspecified atom stereocenters. The highest BCUT2D eigenvalue weighted by Gasteiger charge is 2.22. The standard InChI is InChI=1S/C16H22N4O3S/c1-16(2,3)19-24(22,23)14-7-4-6-13(12-14)18-15(21)8-11-20-10-5-9-17-20/h4-7,9-10,12,19H,8,11H2,1-3H3,(H,18,21). The topological polar surface area (TPSA) is 93.1 Å². The molecule has 8 heteroatoms. The molecule has 1 amide bonds. The van der Waals surface area contributed by atoms with Gasteiger partial charge in [0, 0.05) is 36.6 Å². The predicted octanol–water partition coefficient (Wildman–Crippen LogP) is 1.99. The highest BCUT2D eigenvalue weighted by atomic mass is 32.2. The van der Waals surface area contributed by atoms with Crippen LogP contribution in [0.5, 0.6) is 0 Å². The van der Waals surface area contributed by atoms with Crippen molar-refractivity contribution in [1.82, 2.24) is 14.5 Å². The van der Waals surface area contributed by atoms with Crippen LogP contribution in [0.1, 0.15) is 27.2 Å².